The summed E-state index contributed by atoms with van der Waals surface area (Å²) in [4.78, 5) is 27.0. The van der Waals surface area contributed by atoms with Crippen molar-refractivity contribution in [1.29, 1.82) is 0 Å². The predicted octanol–water partition coefficient (Wildman–Crippen LogP) is 1.94. The van der Waals surface area contributed by atoms with E-state index in [1.54, 1.807) is 6.92 Å². The van der Waals surface area contributed by atoms with Crippen molar-refractivity contribution in [2.45, 2.75) is 44.6 Å². The number of carboxylic acid groups (broad SMARTS) is 1. The second-order valence-electron chi connectivity index (χ2n) is 4.83. The van der Waals surface area contributed by atoms with Crippen LogP contribution in [0, 0.1) is 0 Å². The molecule has 0 heterocycles. The molecule has 0 unspecified atom stereocenters. The van der Waals surface area contributed by atoms with Crippen LogP contribution in [0.15, 0.2) is 29.1 Å². The second kappa shape index (κ2) is 6.88. The smallest absolute Gasteiger partial charge is 0.329 e. The number of carbonyl (C=O) groups is 2. The molecule has 1 rings (SSSR count). The van der Waals surface area contributed by atoms with Crippen molar-refractivity contribution in [2.75, 3.05) is 0 Å². The van der Waals surface area contributed by atoms with E-state index in [1.807, 2.05) is 0 Å². The van der Waals surface area contributed by atoms with Crippen LogP contribution in [0.5, 0.6) is 0 Å². The summed E-state index contributed by atoms with van der Waals surface area (Å²) < 4.78 is 0. The number of carboxylic acids is 1. The van der Waals surface area contributed by atoms with E-state index in [2.05, 4.69) is 16.9 Å². The van der Waals surface area contributed by atoms with Gasteiger partial charge in [-0.1, -0.05) is 25.8 Å². The molecule has 0 aliphatic heterocycles. The Hall–Kier alpha value is -2.11. The molecule has 6 nitrogen and oxygen atoms in total. The van der Waals surface area contributed by atoms with Gasteiger partial charge < -0.3 is 15.5 Å². The van der Waals surface area contributed by atoms with Gasteiger partial charge in [0, 0.05) is 6.21 Å². The average molecular weight is 280 g/mol. The fourth-order valence-electron chi connectivity index (χ4n) is 2.12. The molecule has 1 aliphatic carbocycles. The molecule has 20 heavy (non-hydrogen) atoms. The SMILES string of the molecule is C=C(C=N/C(O)=C\C)C(=O)NC1(C(=O)O)CCCCC1. The van der Waals surface area contributed by atoms with Crippen LogP contribution in [0.1, 0.15) is 39.0 Å². The number of amides is 1. The van der Waals surface area contributed by atoms with Crippen molar-refractivity contribution >= 4 is 18.1 Å². The molecule has 110 valence electrons. The number of carbonyl (C=O) groups excluding carboxylic acids is 1. The van der Waals surface area contributed by atoms with Crippen LogP contribution >= 0.6 is 0 Å². The van der Waals surface area contributed by atoms with Gasteiger partial charge in [0.1, 0.15) is 5.54 Å². The number of nitrogens with one attached hydrogen (secondary N) is 1. The fourth-order valence-corrected chi connectivity index (χ4v) is 2.12. The van der Waals surface area contributed by atoms with Gasteiger partial charge in [0.2, 0.25) is 5.88 Å². The number of nitrogens with zero attached hydrogens (tertiary/aromatic N) is 1. The van der Waals surface area contributed by atoms with E-state index < -0.39 is 17.4 Å². The van der Waals surface area contributed by atoms with Gasteiger partial charge in [0.05, 0.1) is 5.57 Å². The minimum absolute atomic E-state index is 0.00426. The number of hydrogen-bond acceptors (Lipinski definition) is 4. The standard InChI is InChI=1S/C14H20N2O4/c1-3-11(17)15-9-10(2)12(18)16-14(13(19)20)7-5-4-6-8-14/h3,9,17H,2,4-8H2,1H3,(H,16,18)(H,19,20)/b11-3+,15-9?. The summed E-state index contributed by atoms with van der Waals surface area (Å²) >= 11 is 0. The van der Waals surface area contributed by atoms with Crippen LogP contribution in [0.3, 0.4) is 0 Å². The Morgan fingerprint density at radius 2 is 1.85 bits per heavy atom. The molecule has 3 N–H and O–H groups in total. The third-order valence-electron chi connectivity index (χ3n) is 3.37. The first-order chi connectivity index (χ1) is 9.41. The lowest BCUT2D eigenvalue weighted by Gasteiger charge is -2.33. The van der Waals surface area contributed by atoms with Gasteiger partial charge in [0.25, 0.3) is 5.91 Å². The summed E-state index contributed by atoms with van der Waals surface area (Å²) in [6.45, 7) is 5.12. The molecular weight excluding hydrogens is 260 g/mol. The number of aliphatic imine (C=N–C) groups is 1. The molecule has 0 radical (unpaired) electrons. The van der Waals surface area contributed by atoms with Gasteiger partial charge in [0.15, 0.2) is 0 Å². The Labute approximate surface area is 117 Å². The maximum absolute atomic E-state index is 12.0. The van der Waals surface area contributed by atoms with Crippen LogP contribution in [0.4, 0.5) is 0 Å². The normalized spacial score (nSPS) is 18.8. The number of aliphatic hydroxyl groups is 1. The van der Waals surface area contributed by atoms with Gasteiger partial charge in [-0.2, -0.15) is 0 Å². The highest BCUT2D eigenvalue weighted by molar-refractivity contribution is 6.12. The van der Waals surface area contributed by atoms with Crippen molar-refractivity contribution in [3.05, 3.63) is 24.1 Å². The zero-order valence-electron chi connectivity index (χ0n) is 11.6. The number of allylic oxidation sites excluding steroid dienone is 1. The molecule has 0 aromatic rings. The lowest BCUT2D eigenvalue weighted by atomic mass is 9.81. The molecule has 1 fully saturated rings. The van der Waals surface area contributed by atoms with Crippen molar-refractivity contribution < 1.29 is 19.8 Å². The van der Waals surface area contributed by atoms with Crippen molar-refractivity contribution in [3.8, 4) is 0 Å². The van der Waals surface area contributed by atoms with Crippen LogP contribution in [0.2, 0.25) is 0 Å². The zero-order chi connectivity index (χ0) is 15.2. The maximum atomic E-state index is 12.0. The molecule has 0 aromatic carbocycles. The lowest BCUT2D eigenvalue weighted by Crippen LogP contribution is -2.55. The topological polar surface area (TPSA) is 99.0 Å². The Balaban J connectivity index is 2.74. The lowest BCUT2D eigenvalue weighted by molar-refractivity contribution is -0.148. The molecule has 1 aliphatic rings. The minimum Gasteiger partial charge on any atom is -0.494 e. The quantitative estimate of drug-likeness (QED) is 0.407. The Kier molecular flexibility index (Phi) is 5.49. The maximum Gasteiger partial charge on any atom is 0.329 e. The first-order valence-electron chi connectivity index (χ1n) is 6.55. The molecule has 1 saturated carbocycles. The summed E-state index contributed by atoms with van der Waals surface area (Å²) in [5, 5.41) is 21.0. The first-order valence-corrected chi connectivity index (χ1v) is 6.55. The van der Waals surface area contributed by atoms with Crippen LogP contribution in [-0.2, 0) is 9.59 Å². The summed E-state index contributed by atoms with van der Waals surface area (Å²) in [7, 11) is 0. The van der Waals surface area contributed by atoms with E-state index in [-0.39, 0.29) is 11.5 Å². The third kappa shape index (κ3) is 3.94. The van der Waals surface area contributed by atoms with Gasteiger partial charge in [-0.3, -0.25) is 4.79 Å². The number of aliphatic hydroxyl groups excluding tert-OH is 1. The molecule has 0 bridgehead atoms. The fraction of sp³-hybridized carbons (Fsp3) is 0.500. The summed E-state index contributed by atoms with van der Waals surface area (Å²) in [5.41, 5.74) is -1.21. The van der Waals surface area contributed by atoms with Gasteiger partial charge in [-0.05, 0) is 25.8 Å². The Morgan fingerprint density at radius 1 is 1.25 bits per heavy atom. The third-order valence-corrected chi connectivity index (χ3v) is 3.37. The summed E-state index contributed by atoms with van der Waals surface area (Å²) in [5.74, 6) is -1.84. The van der Waals surface area contributed by atoms with Gasteiger partial charge in [-0.25, -0.2) is 9.79 Å². The number of aliphatic carboxylic acids is 1. The van der Waals surface area contributed by atoms with E-state index >= 15 is 0 Å². The highest BCUT2D eigenvalue weighted by atomic mass is 16.4. The van der Waals surface area contributed by atoms with Crippen molar-refractivity contribution in [2.24, 2.45) is 4.99 Å². The molecule has 6 heteroatoms. The van der Waals surface area contributed by atoms with E-state index in [9.17, 15) is 14.7 Å². The molecule has 0 atom stereocenters. The zero-order valence-corrected chi connectivity index (χ0v) is 11.6. The molecule has 0 saturated heterocycles. The average Bonchev–Trinajstić information content (AvgIpc) is 2.44. The largest absolute Gasteiger partial charge is 0.494 e. The van der Waals surface area contributed by atoms with Crippen molar-refractivity contribution in [3.63, 3.8) is 0 Å². The van der Waals surface area contributed by atoms with E-state index in [0.29, 0.717) is 12.8 Å². The number of rotatable bonds is 5. The monoisotopic (exact) mass is 280 g/mol. The van der Waals surface area contributed by atoms with E-state index in [1.165, 1.54) is 6.08 Å². The summed E-state index contributed by atoms with van der Waals surface area (Å²) in [6, 6.07) is 0. The van der Waals surface area contributed by atoms with Crippen molar-refractivity contribution in [1.82, 2.24) is 5.32 Å². The van der Waals surface area contributed by atoms with Crippen LogP contribution in [-0.4, -0.2) is 33.8 Å². The predicted molar refractivity (Wildman–Crippen MR) is 75.6 cm³/mol. The molecular formula is C14H20N2O4. The first kappa shape index (κ1) is 15.9. The Morgan fingerprint density at radius 3 is 2.35 bits per heavy atom. The van der Waals surface area contributed by atoms with Crippen LogP contribution < -0.4 is 5.32 Å². The minimum atomic E-state index is -1.21. The molecule has 0 aromatic heterocycles. The molecule has 1 amide bonds. The summed E-state index contributed by atoms with van der Waals surface area (Å²) in [6.07, 6.45) is 5.82. The van der Waals surface area contributed by atoms with Gasteiger partial charge in [-0.15, -0.1) is 0 Å². The van der Waals surface area contributed by atoms with E-state index in [4.69, 9.17) is 5.11 Å². The van der Waals surface area contributed by atoms with Crippen LogP contribution in [0.25, 0.3) is 0 Å². The highest BCUT2D eigenvalue weighted by Gasteiger charge is 2.41. The second-order valence-corrected chi connectivity index (χ2v) is 4.83. The molecule has 0 spiro atoms. The number of hydrogen-bond donors (Lipinski definition) is 3. The van der Waals surface area contributed by atoms with E-state index in [0.717, 1.165) is 25.5 Å². The highest BCUT2D eigenvalue weighted by Crippen LogP contribution is 2.28. The Bertz CT molecular complexity index is 460. The van der Waals surface area contributed by atoms with Gasteiger partial charge >= 0.3 is 5.97 Å².